The third-order valence-electron chi connectivity index (χ3n) is 0.930. The number of hydrogen-bond acceptors (Lipinski definition) is 4. The van der Waals surface area contributed by atoms with Crippen molar-refractivity contribution < 1.29 is 15.0 Å². The van der Waals surface area contributed by atoms with E-state index in [0.717, 1.165) is 6.54 Å². The molecule has 1 heterocycles. The molecule has 0 radical (unpaired) electrons. The molecule has 0 saturated carbocycles. The van der Waals surface area contributed by atoms with Crippen LogP contribution in [0.1, 0.15) is 6.92 Å². The highest BCUT2D eigenvalue weighted by Gasteiger charge is 2.06. The summed E-state index contributed by atoms with van der Waals surface area (Å²) in [6.45, 7) is 2.87. The zero-order chi connectivity index (χ0) is 8.85. The third-order valence-corrected chi connectivity index (χ3v) is 0.930. The molecule has 5 N–H and O–H groups in total. The van der Waals surface area contributed by atoms with Gasteiger partial charge in [-0.2, -0.15) is 0 Å². The minimum absolute atomic E-state index is 0.444. The number of nitrogens with zero attached hydrogens (tertiary/aromatic N) is 1. The Kier molecular flexibility index (Phi) is 3.79. The zero-order valence-corrected chi connectivity index (χ0v) is 6.11. The maximum Gasteiger partial charge on any atom is 0.503 e. The molecule has 64 valence electrons. The maximum atomic E-state index is 8.56. The molecular formula is C5H11N3O3. The first-order valence-electron chi connectivity index (χ1n) is 3.00. The highest BCUT2D eigenvalue weighted by molar-refractivity contribution is 5.79. The molecule has 0 aromatic carbocycles. The summed E-state index contributed by atoms with van der Waals surface area (Å²) >= 11 is 0. The fourth-order valence-electron chi connectivity index (χ4n) is 0.579. The largest absolute Gasteiger partial charge is 0.503 e. The fourth-order valence-corrected chi connectivity index (χ4v) is 0.579. The Labute approximate surface area is 63.7 Å². The number of nitrogens with one attached hydrogen (secondary N) is 1. The number of carboxylic acid groups (broad SMARTS) is 2. The molecule has 0 aromatic heterocycles. The van der Waals surface area contributed by atoms with Crippen LogP contribution in [0.4, 0.5) is 4.79 Å². The number of nitrogens with two attached hydrogens (primary N) is 1. The summed E-state index contributed by atoms with van der Waals surface area (Å²) in [5.41, 5.74) is 5.26. The van der Waals surface area contributed by atoms with Crippen LogP contribution in [0.5, 0.6) is 0 Å². The van der Waals surface area contributed by atoms with Gasteiger partial charge in [-0.1, -0.05) is 0 Å². The molecule has 1 unspecified atom stereocenters. The minimum Gasteiger partial charge on any atom is -0.450 e. The standard InChI is InChI=1S/C4H9N3.CH2O3/c1-3-2-6-4(5)7-3;2-1(3)4/h3H,2H2,1H3,(H3,5,6,7);(H2,2,3,4). The lowest BCUT2D eigenvalue weighted by atomic mass is 10.4. The summed E-state index contributed by atoms with van der Waals surface area (Å²) in [6.07, 6.45) is -1.83. The first-order valence-corrected chi connectivity index (χ1v) is 3.00. The van der Waals surface area contributed by atoms with Crippen molar-refractivity contribution in [2.45, 2.75) is 13.0 Å². The lowest BCUT2D eigenvalue weighted by Gasteiger charge is -1.98. The van der Waals surface area contributed by atoms with Crippen LogP contribution in [0.15, 0.2) is 4.99 Å². The Morgan fingerprint density at radius 2 is 2.27 bits per heavy atom. The number of carbonyl (C=O) groups is 1. The summed E-state index contributed by atoms with van der Waals surface area (Å²) < 4.78 is 0. The van der Waals surface area contributed by atoms with Gasteiger partial charge in [0.2, 0.25) is 0 Å². The van der Waals surface area contributed by atoms with Gasteiger partial charge in [-0.05, 0) is 6.92 Å². The first kappa shape index (κ1) is 9.54. The van der Waals surface area contributed by atoms with E-state index in [1.54, 1.807) is 0 Å². The van der Waals surface area contributed by atoms with Crippen molar-refractivity contribution in [1.82, 2.24) is 5.32 Å². The van der Waals surface area contributed by atoms with E-state index in [-0.39, 0.29) is 0 Å². The molecule has 6 heteroatoms. The van der Waals surface area contributed by atoms with Crippen LogP contribution in [0.25, 0.3) is 0 Å². The number of aliphatic imine (C=N–C) groups is 1. The van der Waals surface area contributed by atoms with Crippen molar-refractivity contribution in [3.8, 4) is 0 Å². The van der Waals surface area contributed by atoms with Crippen LogP contribution in [0.3, 0.4) is 0 Å². The normalized spacial score (nSPS) is 20.8. The fraction of sp³-hybridized carbons (Fsp3) is 0.600. The summed E-state index contributed by atoms with van der Waals surface area (Å²) in [5, 5.41) is 16.9. The Balaban J connectivity index is 0.000000218. The average Bonchev–Trinajstić information content (AvgIpc) is 2.13. The summed E-state index contributed by atoms with van der Waals surface area (Å²) in [4.78, 5) is 12.5. The number of guanidine groups is 1. The van der Waals surface area contributed by atoms with Gasteiger partial charge in [0.25, 0.3) is 0 Å². The van der Waals surface area contributed by atoms with Crippen molar-refractivity contribution in [2.75, 3.05) is 6.54 Å². The van der Waals surface area contributed by atoms with E-state index >= 15 is 0 Å². The number of rotatable bonds is 0. The Hall–Kier alpha value is -1.46. The molecular weight excluding hydrogens is 150 g/mol. The smallest absolute Gasteiger partial charge is 0.450 e. The molecule has 6 nitrogen and oxygen atoms in total. The SMILES string of the molecule is CC1CN=C(N)N1.O=C(O)O. The molecule has 1 rings (SSSR count). The monoisotopic (exact) mass is 161 g/mol. The van der Waals surface area contributed by atoms with Crippen molar-refractivity contribution in [3.63, 3.8) is 0 Å². The summed E-state index contributed by atoms with van der Waals surface area (Å²) in [6, 6.07) is 0.444. The second kappa shape index (κ2) is 4.37. The topological polar surface area (TPSA) is 108 Å². The molecule has 0 saturated heterocycles. The van der Waals surface area contributed by atoms with Crippen molar-refractivity contribution in [2.24, 2.45) is 10.7 Å². The van der Waals surface area contributed by atoms with Crippen molar-refractivity contribution in [3.05, 3.63) is 0 Å². The quantitative estimate of drug-likeness (QED) is 0.383. The highest BCUT2D eigenvalue weighted by Crippen LogP contribution is 1.88. The van der Waals surface area contributed by atoms with E-state index in [2.05, 4.69) is 10.3 Å². The Bertz CT molecular complexity index is 164. The molecule has 0 aromatic rings. The van der Waals surface area contributed by atoms with Gasteiger partial charge in [-0.25, -0.2) is 4.79 Å². The van der Waals surface area contributed by atoms with Crippen LogP contribution >= 0.6 is 0 Å². The van der Waals surface area contributed by atoms with Crippen molar-refractivity contribution >= 4 is 12.1 Å². The van der Waals surface area contributed by atoms with E-state index in [4.69, 9.17) is 20.7 Å². The van der Waals surface area contributed by atoms with Crippen LogP contribution in [0, 0.1) is 0 Å². The van der Waals surface area contributed by atoms with Gasteiger partial charge < -0.3 is 21.3 Å². The molecule has 0 aliphatic carbocycles. The Morgan fingerprint density at radius 1 is 1.82 bits per heavy atom. The molecule has 0 bridgehead atoms. The average molecular weight is 161 g/mol. The minimum atomic E-state index is -1.83. The molecule has 0 fully saturated rings. The van der Waals surface area contributed by atoms with Gasteiger partial charge in [0.1, 0.15) is 0 Å². The van der Waals surface area contributed by atoms with E-state index in [0.29, 0.717) is 12.0 Å². The van der Waals surface area contributed by atoms with Gasteiger partial charge >= 0.3 is 6.16 Å². The van der Waals surface area contributed by atoms with Crippen LogP contribution in [0.2, 0.25) is 0 Å². The second-order valence-corrected chi connectivity index (χ2v) is 2.05. The van der Waals surface area contributed by atoms with Gasteiger partial charge in [0, 0.05) is 6.04 Å². The third kappa shape index (κ3) is 6.42. The Morgan fingerprint density at radius 3 is 2.36 bits per heavy atom. The predicted molar refractivity (Wildman–Crippen MR) is 39.7 cm³/mol. The second-order valence-electron chi connectivity index (χ2n) is 2.05. The van der Waals surface area contributed by atoms with E-state index in [9.17, 15) is 0 Å². The molecule has 1 aliphatic heterocycles. The molecule has 0 spiro atoms. The maximum absolute atomic E-state index is 8.56. The first-order chi connectivity index (χ1) is 5.02. The van der Waals surface area contributed by atoms with Crippen molar-refractivity contribution in [1.29, 1.82) is 0 Å². The lowest BCUT2D eigenvalue weighted by molar-refractivity contribution is 0.137. The highest BCUT2D eigenvalue weighted by atomic mass is 16.6. The van der Waals surface area contributed by atoms with E-state index < -0.39 is 6.16 Å². The zero-order valence-electron chi connectivity index (χ0n) is 6.11. The molecule has 1 aliphatic rings. The lowest BCUT2D eigenvalue weighted by Crippen LogP contribution is -2.32. The van der Waals surface area contributed by atoms with Gasteiger partial charge in [-0.3, -0.25) is 4.99 Å². The summed E-state index contributed by atoms with van der Waals surface area (Å²) in [5.74, 6) is 0.576. The van der Waals surface area contributed by atoms with E-state index in [1.165, 1.54) is 0 Å². The molecule has 0 amide bonds. The van der Waals surface area contributed by atoms with Gasteiger partial charge in [0.15, 0.2) is 5.96 Å². The van der Waals surface area contributed by atoms with Gasteiger partial charge in [-0.15, -0.1) is 0 Å². The van der Waals surface area contributed by atoms with Crippen LogP contribution in [-0.2, 0) is 0 Å². The predicted octanol–water partition coefficient (Wildman–Crippen LogP) is -0.485. The molecule has 1 atom stereocenters. The van der Waals surface area contributed by atoms with Crippen LogP contribution in [-0.4, -0.2) is 34.9 Å². The van der Waals surface area contributed by atoms with E-state index in [1.807, 2.05) is 6.92 Å². The van der Waals surface area contributed by atoms with Gasteiger partial charge in [0.05, 0.1) is 6.54 Å². The van der Waals surface area contributed by atoms with Crippen LogP contribution < -0.4 is 11.1 Å². The number of hydrogen-bond donors (Lipinski definition) is 4. The summed E-state index contributed by atoms with van der Waals surface area (Å²) in [7, 11) is 0. The molecule has 11 heavy (non-hydrogen) atoms.